The zero-order valence-electron chi connectivity index (χ0n) is 15.2. The first-order valence-corrected chi connectivity index (χ1v) is 10.6. The Balaban J connectivity index is 2.45. The number of ether oxygens (including phenoxy) is 1. The Kier molecular flexibility index (Phi) is 7.38. The Bertz CT molecular complexity index is 797. The van der Waals surface area contributed by atoms with Gasteiger partial charge in [0.25, 0.3) is 0 Å². The van der Waals surface area contributed by atoms with E-state index in [4.69, 9.17) is 4.74 Å². The summed E-state index contributed by atoms with van der Waals surface area (Å²) in [7, 11) is -3.63. The predicted octanol–water partition coefficient (Wildman–Crippen LogP) is 5.23. The molecule has 26 heavy (non-hydrogen) atoms. The van der Waals surface area contributed by atoms with E-state index in [9.17, 15) is 14.3 Å². The first-order chi connectivity index (χ1) is 12.5. The third-order valence-electron chi connectivity index (χ3n) is 4.13. The molecule has 1 atom stereocenters. The maximum absolute atomic E-state index is 13.2. The highest BCUT2D eigenvalue weighted by Gasteiger charge is 2.27. The van der Waals surface area contributed by atoms with Crippen molar-refractivity contribution in [3.05, 3.63) is 77.1 Å². The van der Waals surface area contributed by atoms with Crippen LogP contribution in [0.2, 0.25) is 0 Å². The molecule has 4 nitrogen and oxygen atoms in total. The molecule has 0 bridgehead atoms. The van der Waals surface area contributed by atoms with Crippen molar-refractivity contribution in [2.75, 3.05) is 6.61 Å². The van der Waals surface area contributed by atoms with Gasteiger partial charge in [0.05, 0.1) is 6.16 Å². The van der Waals surface area contributed by atoms with Crippen molar-refractivity contribution in [2.45, 2.75) is 32.9 Å². The van der Waals surface area contributed by atoms with Crippen LogP contribution in [0.4, 0.5) is 0 Å². The lowest BCUT2D eigenvalue weighted by atomic mass is 10.1. The van der Waals surface area contributed by atoms with Crippen molar-refractivity contribution in [1.82, 2.24) is 0 Å². The average molecular weight is 372 g/mol. The molecule has 138 valence electrons. The van der Waals surface area contributed by atoms with Crippen LogP contribution in [0, 0.1) is 0 Å². The molecule has 2 aromatic rings. The average Bonchev–Trinajstić information content (AvgIpc) is 2.65. The number of hydrogen-bond donors (Lipinski definition) is 1. The molecule has 0 heterocycles. The van der Waals surface area contributed by atoms with Crippen molar-refractivity contribution >= 4 is 18.9 Å². The van der Waals surface area contributed by atoms with E-state index in [2.05, 4.69) is 0 Å². The first kappa shape index (κ1) is 20.2. The van der Waals surface area contributed by atoms with E-state index in [1.807, 2.05) is 67.6 Å². The summed E-state index contributed by atoms with van der Waals surface area (Å²) in [6.07, 6.45) is 0.744. The number of carbonyl (C=O) groups is 1. The van der Waals surface area contributed by atoms with Crippen LogP contribution in [-0.4, -0.2) is 17.5 Å². The molecule has 5 heteroatoms. The molecular formula is C21H25O4P. The minimum absolute atomic E-state index is 0.000794. The standard InChI is InChI=1S/C21H25O4P/c1-3-20(26(23,24)16-17-11-7-5-8-12-17)19(15-25-21(22)4-2)18-13-9-6-10-14-18/h5-14H,3-4,15-16H2,1-2H3,(H,23,24). The topological polar surface area (TPSA) is 63.6 Å². The Morgan fingerprint density at radius 2 is 1.54 bits per heavy atom. The Morgan fingerprint density at radius 1 is 0.962 bits per heavy atom. The fraction of sp³-hybridized carbons (Fsp3) is 0.286. The molecule has 0 aliphatic rings. The molecule has 0 aromatic heterocycles. The lowest BCUT2D eigenvalue weighted by Crippen LogP contribution is -2.08. The number of esters is 1. The molecule has 0 saturated heterocycles. The number of hydrogen-bond acceptors (Lipinski definition) is 3. The largest absolute Gasteiger partial charge is 0.461 e. The molecule has 0 spiro atoms. The third kappa shape index (κ3) is 5.42. The van der Waals surface area contributed by atoms with Gasteiger partial charge in [-0.3, -0.25) is 9.36 Å². The van der Waals surface area contributed by atoms with Gasteiger partial charge in [0.15, 0.2) is 0 Å². The van der Waals surface area contributed by atoms with Gasteiger partial charge in [-0.2, -0.15) is 0 Å². The molecule has 0 aliphatic heterocycles. The van der Waals surface area contributed by atoms with E-state index < -0.39 is 7.37 Å². The van der Waals surface area contributed by atoms with Gasteiger partial charge in [-0.1, -0.05) is 74.5 Å². The second-order valence-corrected chi connectivity index (χ2v) is 8.26. The molecule has 0 aliphatic carbocycles. The van der Waals surface area contributed by atoms with Crippen LogP contribution in [-0.2, 0) is 20.3 Å². The Morgan fingerprint density at radius 3 is 2.08 bits per heavy atom. The van der Waals surface area contributed by atoms with Crippen molar-refractivity contribution in [1.29, 1.82) is 0 Å². The van der Waals surface area contributed by atoms with E-state index in [0.29, 0.717) is 17.3 Å². The number of rotatable bonds is 8. The number of carbonyl (C=O) groups excluding carboxylic acids is 1. The van der Waals surface area contributed by atoms with E-state index >= 15 is 0 Å². The Hall–Kier alpha value is -2.16. The lowest BCUT2D eigenvalue weighted by Gasteiger charge is -2.20. The quantitative estimate of drug-likeness (QED) is 0.509. The van der Waals surface area contributed by atoms with E-state index in [0.717, 1.165) is 11.1 Å². The highest BCUT2D eigenvalue weighted by atomic mass is 31.2. The van der Waals surface area contributed by atoms with Crippen LogP contribution in [0.1, 0.15) is 37.8 Å². The monoisotopic (exact) mass is 372 g/mol. The highest BCUT2D eigenvalue weighted by Crippen LogP contribution is 2.56. The van der Waals surface area contributed by atoms with Crippen LogP contribution < -0.4 is 0 Å². The maximum Gasteiger partial charge on any atom is 0.305 e. The normalized spacial score (nSPS) is 14.3. The second-order valence-electron chi connectivity index (χ2n) is 6.00. The first-order valence-electron chi connectivity index (χ1n) is 8.77. The third-order valence-corrected chi connectivity index (χ3v) is 6.36. The maximum atomic E-state index is 13.2. The second kappa shape index (κ2) is 9.51. The molecule has 0 fully saturated rings. The number of allylic oxidation sites excluding steroid dienone is 1. The summed E-state index contributed by atoms with van der Waals surface area (Å²) < 4.78 is 18.5. The predicted molar refractivity (Wildman–Crippen MR) is 105 cm³/mol. The molecule has 0 saturated carbocycles. The van der Waals surface area contributed by atoms with E-state index in [1.165, 1.54) is 0 Å². The molecular weight excluding hydrogens is 347 g/mol. The minimum atomic E-state index is -3.63. The van der Waals surface area contributed by atoms with Gasteiger partial charge in [-0.15, -0.1) is 0 Å². The molecule has 1 N–H and O–H groups in total. The SMILES string of the molecule is CCC(=O)OCC(=C(CC)P(=O)(O)Cc1ccccc1)c1ccccc1. The summed E-state index contributed by atoms with van der Waals surface area (Å²) >= 11 is 0. The van der Waals surface area contributed by atoms with Gasteiger partial charge in [0, 0.05) is 17.3 Å². The summed E-state index contributed by atoms with van der Waals surface area (Å²) in [4.78, 5) is 22.5. The van der Waals surface area contributed by atoms with Crippen molar-refractivity contribution in [2.24, 2.45) is 0 Å². The zero-order valence-corrected chi connectivity index (χ0v) is 16.1. The van der Waals surface area contributed by atoms with Gasteiger partial charge in [-0.25, -0.2) is 0 Å². The summed E-state index contributed by atoms with van der Waals surface area (Å²) in [6, 6.07) is 18.6. The molecule has 2 aromatic carbocycles. The van der Waals surface area contributed by atoms with Gasteiger partial charge in [0.2, 0.25) is 7.37 Å². The molecule has 1 unspecified atom stereocenters. The zero-order chi connectivity index (χ0) is 19.0. The lowest BCUT2D eigenvalue weighted by molar-refractivity contribution is -0.141. The fourth-order valence-electron chi connectivity index (χ4n) is 2.82. The van der Waals surface area contributed by atoms with Crippen LogP contribution in [0.25, 0.3) is 5.57 Å². The van der Waals surface area contributed by atoms with Crippen molar-refractivity contribution in [3.63, 3.8) is 0 Å². The molecule has 0 amide bonds. The van der Waals surface area contributed by atoms with Crippen LogP contribution in [0.3, 0.4) is 0 Å². The fourth-order valence-corrected chi connectivity index (χ4v) is 4.83. The minimum Gasteiger partial charge on any atom is -0.461 e. The summed E-state index contributed by atoms with van der Waals surface area (Å²) in [5.74, 6) is -0.329. The molecule has 0 radical (unpaired) electrons. The van der Waals surface area contributed by atoms with Crippen LogP contribution in [0.15, 0.2) is 66.0 Å². The smallest absolute Gasteiger partial charge is 0.305 e. The van der Waals surface area contributed by atoms with Crippen molar-refractivity contribution in [3.8, 4) is 0 Å². The van der Waals surface area contributed by atoms with E-state index in [1.54, 1.807) is 6.92 Å². The van der Waals surface area contributed by atoms with E-state index in [-0.39, 0.29) is 25.2 Å². The van der Waals surface area contributed by atoms with Gasteiger partial charge < -0.3 is 9.63 Å². The highest BCUT2D eigenvalue weighted by molar-refractivity contribution is 7.61. The number of benzene rings is 2. The summed E-state index contributed by atoms with van der Waals surface area (Å²) in [5, 5.41) is 0.455. The van der Waals surface area contributed by atoms with Crippen molar-refractivity contribution < 1.29 is 19.0 Å². The van der Waals surface area contributed by atoms with Gasteiger partial charge >= 0.3 is 5.97 Å². The Labute approximate surface area is 155 Å². The van der Waals surface area contributed by atoms with Gasteiger partial charge in [-0.05, 0) is 17.5 Å². The van der Waals surface area contributed by atoms with Crippen LogP contribution >= 0.6 is 7.37 Å². The summed E-state index contributed by atoms with van der Waals surface area (Å²) in [6.45, 7) is 3.58. The van der Waals surface area contributed by atoms with Crippen LogP contribution in [0.5, 0.6) is 0 Å². The summed E-state index contributed by atoms with van der Waals surface area (Å²) in [5.41, 5.74) is 2.23. The molecule has 2 rings (SSSR count). The van der Waals surface area contributed by atoms with Gasteiger partial charge in [0.1, 0.15) is 6.61 Å².